The van der Waals surface area contributed by atoms with E-state index in [1.807, 2.05) is 0 Å². The molecule has 10 atom stereocenters. The van der Waals surface area contributed by atoms with Crippen molar-refractivity contribution in [3.63, 3.8) is 0 Å². The van der Waals surface area contributed by atoms with Crippen LogP contribution in [-0.2, 0) is 45.8 Å². The zero-order chi connectivity index (χ0) is 36.0. The molecule has 2 aliphatic heterocycles. The number of nitrogen functional groups attached to an aromatic ring is 1. The van der Waals surface area contributed by atoms with Crippen LogP contribution in [0.25, 0.3) is 22.3 Å². The number of ether oxygens (including phenoxy) is 2. The van der Waals surface area contributed by atoms with Crippen molar-refractivity contribution in [3.8, 4) is 0 Å². The average molecular weight is 748 g/mol. The van der Waals surface area contributed by atoms with Gasteiger partial charge in [-0.05, 0) is 0 Å². The number of aromatic nitrogens is 8. The third-order valence-electron chi connectivity index (χ3n) is 7.67. The van der Waals surface area contributed by atoms with E-state index in [1.165, 1.54) is 10.9 Å². The highest BCUT2D eigenvalue weighted by Gasteiger charge is 2.49. The lowest BCUT2D eigenvalue weighted by molar-refractivity contribution is -0.105. The Hall–Kier alpha value is -3.81. The summed E-state index contributed by atoms with van der Waals surface area (Å²) in [5, 5.41) is 45.1. The van der Waals surface area contributed by atoms with Crippen LogP contribution in [0.3, 0.4) is 0 Å². The average Bonchev–Trinajstić information content (AvgIpc) is 3.85. The highest BCUT2D eigenvalue weighted by molar-refractivity contribution is 7.62. The van der Waals surface area contributed by atoms with Gasteiger partial charge in [-0.15, -0.1) is 0 Å². The first kappa shape index (κ1) is 36.0. The summed E-state index contributed by atoms with van der Waals surface area (Å²) < 4.78 is 65.6. The maximum absolute atomic E-state index is 13.3. The highest BCUT2D eigenvalue weighted by Crippen LogP contribution is 2.65. The van der Waals surface area contributed by atoms with Gasteiger partial charge in [0.2, 0.25) is 12.4 Å². The minimum atomic E-state index is -4.84. The number of imidazole rings is 2. The van der Waals surface area contributed by atoms with Crippen molar-refractivity contribution in [3.05, 3.63) is 29.3 Å². The molecule has 0 saturated carbocycles. The third-order valence-corrected chi connectivity index (χ3v) is 11.1. The number of amides is 1. The number of carbonyl (C=O) groups excluding carboxylic acids is 1. The van der Waals surface area contributed by atoms with E-state index in [9.17, 15) is 39.1 Å². The first-order valence-corrected chi connectivity index (χ1v) is 17.2. The summed E-state index contributed by atoms with van der Waals surface area (Å²) in [6.07, 6.45) is -8.00. The largest absolute Gasteiger partial charge is 0.483 e. The van der Waals surface area contributed by atoms with Gasteiger partial charge in [0.25, 0.3) is 5.56 Å². The predicted octanol–water partition coefficient (Wildman–Crippen LogP) is -2.09. The van der Waals surface area contributed by atoms with Crippen molar-refractivity contribution in [2.24, 2.45) is 0 Å². The number of nitrogens with zero attached hydrogens (tertiary/aromatic N) is 7. The van der Waals surface area contributed by atoms with Crippen molar-refractivity contribution < 1.29 is 66.2 Å². The van der Waals surface area contributed by atoms with Crippen LogP contribution in [0.15, 0.2) is 23.8 Å². The van der Waals surface area contributed by atoms with E-state index in [0.29, 0.717) is 6.41 Å². The van der Waals surface area contributed by atoms with Gasteiger partial charge >= 0.3 is 15.6 Å². The summed E-state index contributed by atoms with van der Waals surface area (Å²) in [6.45, 7) is -1.52. The molecule has 2 fully saturated rings. The molecule has 4 aromatic rings. The fourth-order valence-corrected chi connectivity index (χ4v) is 7.95. The summed E-state index contributed by atoms with van der Waals surface area (Å²) in [5.41, 5.74) is 5.07. The Morgan fingerprint density at radius 2 is 1.42 bits per heavy atom. The number of aliphatic hydroxyl groups is 4. The van der Waals surface area contributed by atoms with Crippen LogP contribution in [-0.4, -0.2) is 130 Å². The van der Waals surface area contributed by atoms with E-state index in [1.54, 1.807) is 0 Å². The van der Waals surface area contributed by atoms with E-state index < -0.39 is 83.5 Å². The van der Waals surface area contributed by atoms with E-state index >= 15 is 0 Å². The lowest BCUT2D eigenvalue weighted by Gasteiger charge is -2.24. The molecule has 0 bridgehead atoms. The molecule has 1 amide bonds. The second-order valence-corrected chi connectivity index (χ2v) is 14.3. The van der Waals surface area contributed by atoms with Crippen LogP contribution in [0, 0.1) is 0 Å². The molecule has 25 nitrogen and oxygen atoms in total. The van der Waals surface area contributed by atoms with Crippen molar-refractivity contribution in [2.75, 3.05) is 38.5 Å². The van der Waals surface area contributed by atoms with Gasteiger partial charge in [0.1, 0.15) is 43.0 Å². The molecule has 272 valence electrons. The summed E-state index contributed by atoms with van der Waals surface area (Å²) in [7, 11) is -7.90. The van der Waals surface area contributed by atoms with E-state index in [0.717, 1.165) is 31.4 Å². The molecule has 50 heavy (non-hydrogen) atoms. The van der Waals surface area contributed by atoms with Gasteiger partial charge in [-0.2, -0.15) is 9.29 Å². The van der Waals surface area contributed by atoms with Crippen molar-refractivity contribution in [1.29, 1.82) is 0 Å². The minimum absolute atomic E-state index is 0.0586. The van der Waals surface area contributed by atoms with Gasteiger partial charge in [0, 0.05) is 14.2 Å². The number of hydrogen-bond acceptors (Lipinski definition) is 21. The number of rotatable bonds is 14. The highest BCUT2D eigenvalue weighted by atomic mass is 31.3. The number of nitrogens with one attached hydrogen (secondary N) is 2. The molecule has 0 aliphatic carbocycles. The van der Waals surface area contributed by atoms with E-state index in [4.69, 9.17) is 37.6 Å². The molecular weight excluding hydrogens is 718 g/mol. The summed E-state index contributed by atoms with van der Waals surface area (Å²) >= 11 is 0. The minimum Gasteiger partial charge on any atom is -0.387 e. The monoisotopic (exact) mass is 748 g/mol. The molecule has 27 heteroatoms. The lowest BCUT2D eigenvalue weighted by Crippen LogP contribution is -2.34. The molecule has 6 heterocycles. The first-order valence-electron chi connectivity index (χ1n) is 14.3. The molecule has 2 saturated heterocycles. The molecule has 0 aromatic carbocycles. The van der Waals surface area contributed by atoms with Crippen LogP contribution in [0.2, 0.25) is 0 Å². The van der Waals surface area contributed by atoms with Crippen molar-refractivity contribution >= 4 is 56.1 Å². The van der Waals surface area contributed by atoms with Crippen molar-refractivity contribution in [1.82, 2.24) is 39.0 Å². The van der Waals surface area contributed by atoms with Crippen molar-refractivity contribution in [2.45, 2.75) is 49.1 Å². The quantitative estimate of drug-likeness (QED) is 0.0536. The molecule has 0 spiro atoms. The second kappa shape index (κ2) is 14.1. The Morgan fingerprint density at radius 3 is 1.96 bits per heavy atom. The summed E-state index contributed by atoms with van der Waals surface area (Å²) in [4.78, 5) is 45.3. The van der Waals surface area contributed by atoms with Gasteiger partial charge in [-0.1, -0.05) is 0 Å². The summed E-state index contributed by atoms with van der Waals surface area (Å²) in [5.74, 6) is -0.160. The van der Waals surface area contributed by atoms with Crippen LogP contribution in [0.4, 0.5) is 11.8 Å². The number of nitrogens with two attached hydrogens (primary N) is 1. The van der Waals surface area contributed by atoms with E-state index in [-0.39, 0.29) is 34.1 Å². The first-order chi connectivity index (χ1) is 23.8. The number of aliphatic hydroxyl groups excluding tert-OH is 4. The van der Waals surface area contributed by atoms with Gasteiger partial charge in [-0.3, -0.25) is 41.8 Å². The number of fused-ring (bicyclic) bond motifs is 2. The van der Waals surface area contributed by atoms with Crippen LogP contribution < -0.4 is 16.6 Å². The van der Waals surface area contributed by atoms with Crippen LogP contribution >= 0.6 is 15.6 Å². The molecule has 4 aromatic heterocycles. The Morgan fingerprint density at radius 1 is 0.880 bits per heavy atom. The van der Waals surface area contributed by atoms with Gasteiger partial charge < -0.3 is 41.0 Å². The Bertz CT molecular complexity index is 2030. The Kier molecular flexibility index (Phi) is 10.1. The summed E-state index contributed by atoms with van der Waals surface area (Å²) in [6, 6.07) is 0. The number of anilines is 2. The van der Waals surface area contributed by atoms with Crippen LogP contribution in [0.5, 0.6) is 0 Å². The van der Waals surface area contributed by atoms with Crippen LogP contribution in [0.1, 0.15) is 12.5 Å². The van der Waals surface area contributed by atoms with Gasteiger partial charge in [-0.25, -0.2) is 29.1 Å². The van der Waals surface area contributed by atoms with Gasteiger partial charge in [0.05, 0.1) is 25.9 Å². The Balaban J connectivity index is 1.09. The molecule has 10 unspecified atom stereocenters. The number of aromatic amines is 1. The third kappa shape index (κ3) is 6.67. The number of phosphoric acid groups is 2. The van der Waals surface area contributed by atoms with Gasteiger partial charge in [0.15, 0.2) is 40.6 Å². The predicted molar refractivity (Wildman–Crippen MR) is 162 cm³/mol. The number of hydrogen-bond donors (Lipinski definition) is 7. The fraction of sp³-hybridized carbons (Fsp3) is 0.522. The second-order valence-electron chi connectivity index (χ2n) is 10.6. The molecular formula is C23H30N10O15P2. The zero-order valence-electron chi connectivity index (χ0n) is 25.7. The maximum atomic E-state index is 13.3. The number of H-pyrrole nitrogens is 1. The lowest BCUT2D eigenvalue weighted by atomic mass is 10.1. The standard InChI is InChI=1S/C23H30N10O15P2/c1-42-49(40,44-3-9-13(35)15(37)21(46-9)32-6-27-11-17(29-8-34)25-5-26-18(11)32)48-50(41,43-2)45-4-10-14(36)16(38)22(47-10)33-7-28-12-19(33)30-23(24)31-20(12)39/h5-10,13-16,21-22,35-38H,3-4H2,1-2H3,(H3,24,30,31,39)(H,25,26,29,34). The topological polar surface area (TPSA) is 342 Å². The maximum Gasteiger partial charge on any atom is 0.483 e. The molecule has 8 N–H and O–H groups in total. The fourth-order valence-electron chi connectivity index (χ4n) is 5.19. The number of carbonyl (C=O) groups is 1. The SMILES string of the molecule is COP(=O)(OCC1OC(n2cnc3c(NC=O)ncnc32)C(O)C1O)OP(=O)(OC)OCC1OC(n2cnc3c(=O)[nH]c(N)nc32)C(O)C1O. The normalized spacial score (nSPS) is 29.3. The number of phosphoric ester groups is 2. The molecule has 6 rings (SSSR count). The molecule has 2 aliphatic rings. The molecule has 0 radical (unpaired) electrons. The smallest absolute Gasteiger partial charge is 0.387 e. The Labute approximate surface area is 278 Å². The zero-order valence-corrected chi connectivity index (χ0v) is 27.5. The van der Waals surface area contributed by atoms with E-state index in [2.05, 4.69) is 35.2 Å².